The average molecular weight is 150 g/mol. The molecule has 0 amide bonds. The first-order valence-corrected chi connectivity index (χ1v) is 2.97. The van der Waals surface area contributed by atoms with Crippen molar-refractivity contribution in [2.75, 3.05) is 6.61 Å². The van der Waals surface area contributed by atoms with Crippen LogP contribution in [0.15, 0.2) is 0 Å². The molecule has 0 aromatic rings. The lowest BCUT2D eigenvalue weighted by Crippen LogP contribution is -2.33. The zero-order valence-electron chi connectivity index (χ0n) is 5.21. The van der Waals surface area contributed by atoms with E-state index in [2.05, 4.69) is 4.74 Å². The Bertz CT molecular complexity index is 117. The normalized spacial score (nSPS) is 48.0. The predicted octanol–water partition coefficient (Wildman–Crippen LogP) is -2.58. The molecular formula is C5H10O5. The Hall–Kier alpha value is -0.200. The third-order valence-electron chi connectivity index (χ3n) is 1.52. The zero-order chi connectivity index (χ0) is 7.72. The van der Waals surface area contributed by atoms with Crippen LogP contribution in [0.5, 0.6) is 0 Å². The molecule has 0 bridgehead atoms. The number of rotatable bonds is 1. The Labute approximate surface area is 57.5 Å². The van der Waals surface area contributed by atoms with E-state index in [1.807, 2.05) is 0 Å². The van der Waals surface area contributed by atoms with Crippen molar-refractivity contribution in [3.05, 3.63) is 0 Å². The molecule has 60 valence electrons. The van der Waals surface area contributed by atoms with Crippen LogP contribution in [0.2, 0.25) is 0 Å². The Balaban J connectivity index is 2.53. The summed E-state index contributed by atoms with van der Waals surface area (Å²) < 4.78 is 4.54. The Kier molecular flexibility index (Phi) is 2.22. The molecule has 0 aliphatic carbocycles. The van der Waals surface area contributed by atoms with E-state index < -0.39 is 31.2 Å². The van der Waals surface area contributed by atoms with Crippen LogP contribution in [0, 0.1) is 0 Å². The molecule has 4 atom stereocenters. The Morgan fingerprint density at radius 1 is 1.10 bits per heavy atom. The summed E-state index contributed by atoms with van der Waals surface area (Å²) in [6.07, 6.45) is -4.76. The number of ether oxygens (including phenoxy) is 1. The van der Waals surface area contributed by atoms with Gasteiger partial charge in [0.25, 0.3) is 0 Å². The van der Waals surface area contributed by atoms with Crippen LogP contribution >= 0.6 is 0 Å². The fraction of sp³-hybridized carbons (Fsp3) is 1.00. The molecule has 1 rings (SSSR count). The smallest absolute Gasteiger partial charge is 0.184 e. The van der Waals surface area contributed by atoms with Gasteiger partial charge in [0.2, 0.25) is 0 Å². The van der Waals surface area contributed by atoms with Crippen molar-refractivity contribution in [3.8, 4) is 0 Å². The number of aliphatic hydroxyl groups is 4. The quantitative estimate of drug-likeness (QED) is 0.329. The van der Waals surface area contributed by atoms with Gasteiger partial charge >= 0.3 is 0 Å². The molecule has 1 unspecified atom stereocenters. The molecule has 5 nitrogen and oxygen atoms in total. The Morgan fingerprint density at radius 3 is 1.90 bits per heavy atom. The van der Waals surface area contributed by atoms with Gasteiger partial charge in [-0.2, -0.15) is 0 Å². The highest BCUT2D eigenvalue weighted by Crippen LogP contribution is 2.18. The molecule has 4 N–H and O–H groups in total. The van der Waals surface area contributed by atoms with E-state index in [0.717, 1.165) is 0 Å². The summed E-state index contributed by atoms with van der Waals surface area (Å²) in [7, 11) is 0. The van der Waals surface area contributed by atoms with E-state index in [9.17, 15) is 0 Å². The summed E-state index contributed by atoms with van der Waals surface area (Å²) in [6, 6.07) is 0. The van der Waals surface area contributed by atoms with Gasteiger partial charge in [0.05, 0.1) is 6.61 Å². The second kappa shape index (κ2) is 2.81. The van der Waals surface area contributed by atoms with Crippen molar-refractivity contribution in [3.63, 3.8) is 0 Å². The molecule has 1 aliphatic rings. The van der Waals surface area contributed by atoms with Crippen molar-refractivity contribution in [2.45, 2.75) is 24.6 Å². The van der Waals surface area contributed by atoms with Crippen LogP contribution in [0.4, 0.5) is 0 Å². The van der Waals surface area contributed by atoms with E-state index in [0.29, 0.717) is 0 Å². The lowest BCUT2D eigenvalue weighted by molar-refractivity contribution is -0.132. The van der Waals surface area contributed by atoms with Crippen LogP contribution in [0.1, 0.15) is 0 Å². The molecular weight excluding hydrogens is 140 g/mol. The second-order valence-corrected chi connectivity index (χ2v) is 2.23. The molecule has 0 radical (unpaired) electrons. The summed E-state index contributed by atoms with van der Waals surface area (Å²) in [4.78, 5) is 0. The summed E-state index contributed by atoms with van der Waals surface area (Å²) in [5.74, 6) is 0. The highest BCUT2D eigenvalue weighted by atomic mass is 16.6. The van der Waals surface area contributed by atoms with E-state index in [1.165, 1.54) is 0 Å². The van der Waals surface area contributed by atoms with E-state index >= 15 is 0 Å². The molecule has 10 heavy (non-hydrogen) atoms. The van der Waals surface area contributed by atoms with Gasteiger partial charge in [-0.1, -0.05) is 0 Å². The van der Waals surface area contributed by atoms with Crippen molar-refractivity contribution < 1.29 is 25.2 Å². The lowest BCUT2D eigenvalue weighted by Gasteiger charge is -2.09. The molecule has 0 saturated carbocycles. The molecule has 1 fully saturated rings. The van der Waals surface area contributed by atoms with Crippen LogP contribution in [-0.2, 0) is 4.74 Å². The number of aliphatic hydroxyl groups excluding tert-OH is 4. The van der Waals surface area contributed by atoms with Gasteiger partial charge in [0.1, 0.15) is 18.3 Å². The van der Waals surface area contributed by atoms with E-state index in [1.54, 1.807) is 0 Å². The third-order valence-corrected chi connectivity index (χ3v) is 1.52. The largest absolute Gasteiger partial charge is 0.394 e. The van der Waals surface area contributed by atoms with E-state index in [-0.39, 0.29) is 0 Å². The first-order valence-electron chi connectivity index (χ1n) is 2.97. The first kappa shape index (κ1) is 7.90. The minimum Gasteiger partial charge on any atom is -0.394 e. The van der Waals surface area contributed by atoms with Gasteiger partial charge in [0, 0.05) is 0 Å². The maximum absolute atomic E-state index is 8.93. The maximum Gasteiger partial charge on any atom is 0.184 e. The SMILES string of the molecule is OC[C@H]1O[C@H](O)[C@H](O)C1O. The molecule has 1 aliphatic heterocycles. The van der Waals surface area contributed by atoms with Gasteiger partial charge in [0.15, 0.2) is 6.29 Å². The topological polar surface area (TPSA) is 90.2 Å². The van der Waals surface area contributed by atoms with Crippen molar-refractivity contribution in [1.82, 2.24) is 0 Å². The van der Waals surface area contributed by atoms with Gasteiger partial charge in [-0.05, 0) is 0 Å². The van der Waals surface area contributed by atoms with Crippen LogP contribution < -0.4 is 0 Å². The zero-order valence-corrected chi connectivity index (χ0v) is 5.21. The standard InChI is InChI=1S/C5H10O5/c6-1-2-3(7)4(8)5(9)10-2/h2-9H,1H2/t2-,3?,4-,5+/m1/s1. The number of hydrogen-bond donors (Lipinski definition) is 4. The van der Waals surface area contributed by atoms with Gasteiger partial charge in [-0.3, -0.25) is 0 Å². The molecule has 1 saturated heterocycles. The Morgan fingerprint density at radius 2 is 1.70 bits per heavy atom. The average Bonchev–Trinajstić information content (AvgIpc) is 2.17. The monoisotopic (exact) mass is 150 g/mol. The molecule has 5 heteroatoms. The summed E-state index contributed by atoms with van der Waals surface area (Å²) in [5, 5.41) is 35.0. The van der Waals surface area contributed by atoms with Crippen molar-refractivity contribution in [2.24, 2.45) is 0 Å². The summed E-state index contributed by atoms with van der Waals surface area (Å²) >= 11 is 0. The van der Waals surface area contributed by atoms with Gasteiger partial charge in [-0.15, -0.1) is 0 Å². The van der Waals surface area contributed by atoms with Crippen LogP contribution in [0.3, 0.4) is 0 Å². The molecule has 0 spiro atoms. The highest BCUT2D eigenvalue weighted by Gasteiger charge is 2.41. The molecule has 1 heterocycles. The summed E-state index contributed by atoms with van der Waals surface area (Å²) in [5.41, 5.74) is 0. The fourth-order valence-corrected chi connectivity index (χ4v) is 0.880. The summed E-state index contributed by atoms with van der Waals surface area (Å²) in [6.45, 7) is -0.407. The van der Waals surface area contributed by atoms with Crippen molar-refractivity contribution >= 4 is 0 Å². The van der Waals surface area contributed by atoms with Crippen molar-refractivity contribution in [1.29, 1.82) is 0 Å². The van der Waals surface area contributed by atoms with Crippen LogP contribution in [0.25, 0.3) is 0 Å². The molecule has 0 aromatic carbocycles. The third kappa shape index (κ3) is 1.14. The number of hydrogen-bond acceptors (Lipinski definition) is 5. The fourth-order valence-electron chi connectivity index (χ4n) is 0.880. The van der Waals surface area contributed by atoms with Crippen LogP contribution in [-0.4, -0.2) is 51.6 Å². The lowest BCUT2D eigenvalue weighted by atomic mass is 10.1. The maximum atomic E-state index is 8.93. The minimum atomic E-state index is -1.38. The minimum absolute atomic E-state index is 0.407. The molecule has 0 aromatic heterocycles. The highest BCUT2D eigenvalue weighted by molar-refractivity contribution is 4.84. The van der Waals surface area contributed by atoms with Gasteiger partial charge in [-0.25, -0.2) is 0 Å². The van der Waals surface area contributed by atoms with Gasteiger partial charge < -0.3 is 25.2 Å². The predicted molar refractivity (Wildman–Crippen MR) is 30.0 cm³/mol. The first-order chi connectivity index (χ1) is 4.66. The van der Waals surface area contributed by atoms with E-state index in [4.69, 9.17) is 20.4 Å². The second-order valence-electron chi connectivity index (χ2n) is 2.23.